The molecule has 0 aromatic rings. The Morgan fingerprint density at radius 2 is 1.07 bits per heavy atom. The van der Waals surface area contributed by atoms with Crippen LogP contribution in [0.3, 0.4) is 0 Å². The lowest BCUT2D eigenvalue weighted by molar-refractivity contribution is -0.123. The Kier molecular flexibility index (Phi) is 4.76. The molecule has 0 aromatic carbocycles. The fraction of sp³-hybridized carbons (Fsp3) is 0.905. The van der Waals surface area contributed by atoms with E-state index in [-0.39, 0.29) is 32.8 Å². The topological polar surface area (TPSA) is 52.6 Å². The number of Topliss-reactive ketones (excluding diaryl/α,β-unsaturated/α-hetero) is 2. The van der Waals surface area contributed by atoms with Gasteiger partial charge in [-0.2, -0.15) is 0 Å². The van der Waals surface area contributed by atoms with E-state index in [4.69, 9.17) is 9.47 Å². The zero-order valence-corrected chi connectivity index (χ0v) is 19.4. The van der Waals surface area contributed by atoms with Gasteiger partial charge in [-0.25, -0.2) is 0 Å². The van der Waals surface area contributed by atoms with Gasteiger partial charge in [0.05, 0.1) is 12.2 Å². The van der Waals surface area contributed by atoms with Gasteiger partial charge in [0.1, 0.15) is 18.4 Å². The highest BCUT2D eigenvalue weighted by molar-refractivity contribution is 7.66. The van der Waals surface area contributed by atoms with Crippen LogP contribution in [0, 0.1) is 0 Å². The summed E-state index contributed by atoms with van der Waals surface area (Å²) in [5.41, 5.74) is 0. The zero-order chi connectivity index (χ0) is 19.8. The lowest BCUT2D eigenvalue weighted by Gasteiger charge is -2.66. The van der Waals surface area contributed by atoms with Crippen LogP contribution in [0.5, 0.6) is 0 Å². The molecule has 4 nitrogen and oxygen atoms in total. The second kappa shape index (κ2) is 6.31. The molecule has 0 amide bonds. The van der Waals surface area contributed by atoms with Crippen LogP contribution in [-0.4, -0.2) is 63.5 Å². The van der Waals surface area contributed by atoms with Crippen molar-refractivity contribution in [2.24, 2.45) is 0 Å². The average molecular weight is 412 g/mol. The van der Waals surface area contributed by atoms with E-state index < -0.39 is 15.8 Å². The molecule has 6 atom stereocenters. The minimum absolute atomic E-state index is 0.0120. The zero-order valence-electron chi connectivity index (χ0n) is 17.6. The molecule has 4 rings (SSSR count). The predicted octanol–water partition coefficient (Wildman–Crippen LogP) is 4.51. The van der Waals surface area contributed by atoms with Crippen LogP contribution in [-0.2, 0) is 19.1 Å². The first-order valence-corrected chi connectivity index (χ1v) is 13.3. The molecule has 4 aliphatic rings. The van der Waals surface area contributed by atoms with Gasteiger partial charge in [0.2, 0.25) is 0 Å². The third kappa shape index (κ3) is 3.00. The highest BCUT2D eigenvalue weighted by Crippen LogP contribution is 2.80. The summed E-state index contributed by atoms with van der Waals surface area (Å²) in [5.74, 6) is 0.767. The van der Waals surface area contributed by atoms with E-state index in [0.29, 0.717) is 44.0 Å². The van der Waals surface area contributed by atoms with Crippen LogP contribution in [0.4, 0.5) is 0 Å². The van der Waals surface area contributed by atoms with E-state index >= 15 is 0 Å². The fourth-order valence-electron chi connectivity index (χ4n) is 6.56. The Morgan fingerprint density at radius 3 is 1.44 bits per heavy atom. The van der Waals surface area contributed by atoms with Crippen LogP contribution in [0.15, 0.2) is 0 Å². The summed E-state index contributed by atoms with van der Waals surface area (Å²) in [5, 5.41) is -0.224. The molecule has 4 saturated heterocycles. The Labute approximate surface area is 166 Å². The molecule has 4 aliphatic heterocycles. The van der Waals surface area contributed by atoms with Crippen LogP contribution in [0.25, 0.3) is 0 Å². The molecule has 152 valence electrons. The SMILES string of the molecule is CC1(C)CC(=O)CC2(C)P1C[C@@H]1OCO[C@H]1CP1C(C)(C)CC(=O)CC12C. The number of hydrogen-bond acceptors (Lipinski definition) is 4. The number of carbonyl (C=O) groups excluding carboxylic acids is 2. The van der Waals surface area contributed by atoms with Gasteiger partial charge >= 0.3 is 0 Å². The molecule has 0 spiro atoms. The van der Waals surface area contributed by atoms with Crippen LogP contribution < -0.4 is 0 Å². The number of ether oxygens (including phenoxy) is 2. The van der Waals surface area contributed by atoms with Crippen molar-refractivity contribution in [3.8, 4) is 0 Å². The minimum atomic E-state index is -0.488. The highest BCUT2D eigenvalue weighted by Gasteiger charge is 2.66. The Balaban J connectivity index is 1.90. The third-order valence-electron chi connectivity index (χ3n) is 7.86. The van der Waals surface area contributed by atoms with Gasteiger partial charge in [-0.3, -0.25) is 9.59 Å². The van der Waals surface area contributed by atoms with Crippen molar-refractivity contribution in [3.63, 3.8) is 0 Å². The number of carbonyl (C=O) groups is 2. The number of rotatable bonds is 0. The lowest BCUT2D eigenvalue weighted by Crippen LogP contribution is -2.62. The summed E-state index contributed by atoms with van der Waals surface area (Å²) in [7, 11) is -0.976. The monoisotopic (exact) mass is 412 g/mol. The fourth-order valence-corrected chi connectivity index (χ4v) is 15.9. The summed E-state index contributed by atoms with van der Waals surface area (Å²) in [6.45, 7) is 14.2. The van der Waals surface area contributed by atoms with Gasteiger partial charge in [0, 0.05) is 36.0 Å². The standard InChI is InChI=1S/C21H34O4P2/c1-18(2)7-14(22)9-20(5)21(6)10-15(23)8-19(3,4)27(21)12-17-16(11-26(18)20)24-13-25-17/h16-17H,7-13H2,1-6H3/t16-,17-,20?,21?,26?,27?/m0/s1. The van der Waals surface area contributed by atoms with E-state index in [0.717, 1.165) is 12.3 Å². The van der Waals surface area contributed by atoms with Gasteiger partial charge in [0.15, 0.2) is 0 Å². The van der Waals surface area contributed by atoms with Gasteiger partial charge < -0.3 is 9.47 Å². The number of hydrogen-bond donors (Lipinski definition) is 0. The maximum atomic E-state index is 12.9. The molecule has 0 bridgehead atoms. The highest BCUT2D eigenvalue weighted by atomic mass is 31.1. The maximum absolute atomic E-state index is 12.9. The first-order valence-electron chi connectivity index (χ1n) is 10.2. The molecule has 0 N–H and O–H groups in total. The quantitative estimate of drug-likeness (QED) is 0.550. The molecule has 4 heterocycles. The third-order valence-corrected chi connectivity index (χ3v) is 16.4. The van der Waals surface area contributed by atoms with Crippen LogP contribution in [0.1, 0.15) is 67.2 Å². The molecule has 0 aliphatic carbocycles. The van der Waals surface area contributed by atoms with Gasteiger partial charge in [0.25, 0.3) is 0 Å². The number of ketones is 2. The summed E-state index contributed by atoms with van der Waals surface area (Å²) in [4.78, 5) is 25.8. The van der Waals surface area contributed by atoms with E-state index in [1.807, 2.05) is 0 Å². The van der Waals surface area contributed by atoms with Gasteiger partial charge in [-0.05, 0) is 22.6 Å². The summed E-state index contributed by atoms with van der Waals surface area (Å²) >= 11 is 0. The van der Waals surface area contributed by atoms with Crippen molar-refractivity contribution in [2.75, 3.05) is 19.1 Å². The van der Waals surface area contributed by atoms with Crippen molar-refractivity contribution in [1.29, 1.82) is 0 Å². The molecule has 27 heavy (non-hydrogen) atoms. The van der Waals surface area contributed by atoms with Crippen molar-refractivity contribution < 1.29 is 19.1 Å². The molecule has 0 radical (unpaired) electrons. The summed E-state index contributed by atoms with van der Waals surface area (Å²) in [6, 6.07) is 0. The molecule has 6 heteroatoms. The summed E-state index contributed by atoms with van der Waals surface area (Å²) in [6.07, 6.45) is 4.93. The minimum Gasteiger partial charge on any atom is -0.349 e. The molecule has 4 fully saturated rings. The Morgan fingerprint density at radius 1 is 0.704 bits per heavy atom. The lowest BCUT2D eigenvalue weighted by atomic mass is 9.81. The Bertz CT molecular complexity index is 619. The maximum Gasteiger partial charge on any atom is 0.147 e. The first-order chi connectivity index (χ1) is 12.4. The van der Waals surface area contributed by atoms with Crippen molar-refractivity contribution in [3.05, 3.63) is 0 Å². The van der Waals surface area contributed by atoms with E-state index in [1.165, 1.54) is 0 Å². The van der Waals surface area contributed by atoms with E-state index in [9.17, 15) is 9.59 Å². The molecular formula is C21H34O4P2. The van der Waals surface area contributed by atoms with Crippen molar-refractivity contribution in [2.45, 2.75) is 100 Å². The van der Waals surface area contributed by atoms with Crippen molar-refractivity contribution >= 4 is 27.4 Å². The second-order valence-corrected chi connectivity index (χ2v) is 17.5. The summed E-state index contributed by atoms with van der Waals surface area (Å²) < 4.78 is 12.1. The van der Waals surface area contributed by atoms with E-state index in [2.05, 4.69) is 41.5 Å². The largest absolute Gasteiger partial charge is 0.349 e. The van der Waals surface area contributed by atoms with Gasteiger partial charge in [-0.15, -0.1) is 0 Å². The van der Waals surface area contributed by atoms with Gasteiger partial charge in [-0.1, -0.05) is 57.4 Å². The molecule has 4 unspecified atom stereocenters. The smallest absolute Gasteiger partial charge is 0.147 e. The first kappa shape index (κ1) is 20.4. The average Bonchev–Trinajstić information content (AvgIpc) is 2.91. The number of fused-ring (bicyclic) bond motifs is 4. The second-order valence-electron chi connectivity index (χ2n) is 10.7. The van der Waals surface area contributed by atoms with Crippen molar-refractivity contribution in [1.82, 2.24) is 0 Å². The molecule has 0 saturated carbocycles. The van der Waals surface area contributed by atoms with Crippen LogP contribution in [0.2, 0.25) is 0 Å². The van der Waals surface area contributed by atoms with Crippen LogP contribution >= 0.6 is 15.8 Å². The molecular weight excluding hydrogens is 378 g/mol. The van der Waals surface area contributed by atoms with E-state index in [1.54, 1.807) is 0 Å². The normalized spacial score (nSPS) is 48.8. The predicted molar refractivity (Wildman–Crippen MR) is 112 cm³/mol. The molecule has 0 aromatic heterocycles. The Hall–Kier alpha value is 0.120.